The number of nitrogens with zero attached hydrogens (tertiary/aromatic N) is 1. The molecule has 3 N–H and O–H groups in total. The van der Waals surface area contributed by atoms with Crippen molar-refractivity contribution >= 4 is 17.4 Å². The average molecular weight is 308 g/mol. The Labute approximate surface area is 128 Å². The molecule has 0 aliphatic heterocycles. The predicted molar refractivity (Wildman–Crippen MR) is 83.8 cm³/mol. The molecule has 3 nitrogen and oxygen atoms in total. The molecule has 1 saturated carbocycles. The second kappa shape index (κ2) is 5.02. The van der Waals surface area contributed by atoms with Gasteiger partial charge < -0.3 is 5.73 Å². The van der Waals surface area contributed by atoms with E-state index in [0.717, 1.165) is 23.2 Å². The third-order valence-electron chi connectivity index (χ3n) is 4.63. The van der Waals surface area contributed by atoms with E-state index in [-0.39, 0.29) is 11.2 Å². The molecule has 112 valence electrons. The van der Waals surface area contributed by atoms with E-state index in [1.54, 1.807) is 6.07 Å². The monoisotopic (exact) mass is 307 g/mol. The SMILES string of the molecule is CC1(C)CCCC1c1[nH]nc(N)c1-c1ccc(F)cc1Cl. The number of aromatic amines is 1. The van der Waals surface area contributed by atoms with Crippen LogP contribution in [0.15, 0.2) is 18.2 Å². The fourth-order valence-corrected chi connectivity index (χ4v) is 3.72. The minimum absolute atomic E-state index is 0.195. The summed E-state index contributed by atoms with van der Waals surface area (Å²) in [7, 11) is 0. The molecule has 0 amide bonds. The van der Waals surface area contributed by atoms with Crippen LogP contribution in [0.5, 0.6) is 0 Å². The summed E-state index contributed by atoms with van der Waals surface area (Å²) in [5, 5.41) is 7.61. The van der Waals surface area contributed by atoms with Gasteiger partial charge in [-0.15, -0.1) is 0 Å². The van der Waals surface area contributed by atoms with Crippen molar-refractivity contribution in [1.29, 1.82) is 0 Å². The van der Waals surface area contributed by atoms with Gasteiger partial charge in [0.15, 0.2) is 5.82 Å². The number of H-pyrrole nitrogens is 1. The van der Waals surface area contributed by atoms with Crippen LogP contribution in [-0.2, 0) is 0 Å². The second-order valence-electron chi connectivity index (χ2n) is 6.46. The summed E-state index contributed by atoms with van der Waals surface area (Å²) in [6.45, 7) is 4.52. The maximum Gasteiger partial charge on any atom is 0.153 e. The van der Waals surface area contributed by atoms with Gasteiger partial charge in [0.25, 0.3) is 0 Å². The zero-order valence-corrected chi connectivity index (χ0v) is 13.0. The van der Waals surface area contributed by atoms with Gasteiger partial charge in [-0.05, 0) is 36.5 Å². The largest absolute Gasteiger partial charge is 0.382 e. The normalized spacial score (nSPS) is 20.9. The van der Waals surface area contributed by atoms with E-state index in [2.05, 4.69) is 24.0 Å². The fourth-order valence-electron chi connectivity index (χ4n) is 3.46. The first-order chi connectivity index (χ1) is 9.90. The Morgan fingerprint density at radius 3 is 2.81 bits per heavy atom. The van der Waals surface area contributed by atoms with Gasteiger partial charge in [0.05, 0.1) is 5.02 Å². The molecular formula is C16H19ClFN3. The zero-order chi connectivity index (χ0) is 15.2. The van der Waals surface area contributed by atoms with E-state index in [1.807, 2.05) is 0 Å². The quantitative estimate of drug-likeness (QED) is 0.841. The van der Waals surface area contributed by atoms with Crippen molar-refractivity contribution in [2.24, 2.45) is 5.41 Å². The van der Waals surface area contributed by atoms with Crippen molar-refractivity contribution < 1.29 is 4.39 Å². The molecule has 1 aromatic heterocycles. The van der Waals surface area contributed by atoms with Crippen LogP contribution in [0.1, 0.15) is 44.7 Å². The Balaban J connectivity index is 2.13. The van der Waals surface area contributed by atoms with Gasteiger partial charge in [-0.2, -0.15) is 5.10 Å². The number of anilines is 1. The second-order valence-corrected chi connectivity index (χ2v) is 6.86. The lowest BCUT2D eigenvalue weighted by atomic mass is 9.78. The number of hydrogen-bond donors (Lipinski definition) is 2. The van der Waals surface area contributed by atoms with Gasteiger partial charge in [-0.3, -0.25) is 5.10 Å². The van der Waals surface area contributed by atoms with Gasteiger partial charge in [0.1, 0.15) is 5.82 Å². The highest BCUT2D eigenvalue weighted by Gasteiger charge is 2.38. The molecule has 1 aliphatic rings. The van der Waals surface area contributed by atoms with Crippen molar-refractivity contribution in [2.45, 2.75) is 39.0 Å². The molecule has 2 aromatic rings. The summed E-state index contributed by atoms with van der Waals surface area (Å²) in [6.07, 6.45) is 3.46. The van der Waals surface area contributed by atoms with Crippen LogP contribution >= 0.6 is 11.6 Å². The first-order valence-corrected chi connectivity index (χ1v) is 7.57. The molecule has 3 rings (SSSR count). The van der Waals surface area contributed by atoms with Crippen LogP contribution in [0.3, 0.4) is 0 Å². The third-order valence-corrected chi connectivity index (χ3v) is 4.94. The minimum Gasteiger partial charge on any atom is -0.382 e. The number of nitrogens with two attached hydrogens (primary N) is 1. The number of halogens is 2. The number of rotatable bonds is 2. The van der Waals surface area contributed by atoms with Gasteiger partial charge in [0.2, 0.25) is 0 Å². The van der Waals surface area contributed by atoms with E-state index in [4.69, 9.17) is 17.3 Å². The predicted octanol–water partition coefficient (Wildman–Crippen LogP) is 4.75. The number of aromatic nitrogens is 2. The summed E-state index contributed by atoms with van der Waals surface area (Å²) < 4.78 is 13.3. The molecule has 1 aliphatic carbocycles. The Morgan fingerprint density at radius 2 is 2.19 bits per heavy atom. The molecule has 0 spiro atoms. The zero-order valence-electron chi connectivity index (χ0n) is 12.2. The smallest absolute Gasteiger partial charge is 0.153 e. The highest BCUT2D eigenvalue weighted by atomic mass is 35.5. The number of hydrogen-bond acceptors (Lipinski definition) is 2. The summed E-state index contributed by atoms with van der Waals surface area (Å²) in [5.74, 6) is 0.424. The highest BCUT2D eigenvalue weighted by Crippen LogP contribution is 2.51. The van der Waals surface area contributed by atoms with Crippen LogP contribution < -0.4 is 5.73 Å². The van der Waals surface area contributed by atoms with E-state index >= 15 is 0 Å². The molecule has 21 heavy (non-hydrogen) atoms. The first-order valence-electron chi connectivity index (χ1n) is 7.19. The number of nitrogen functional groups attached to an aromatic ring is 1. The molecule has 5 heteroatoms. The Morgan fingerprint density at radius 1 is 1.43 bits per heavy atom. The lowest BCUT2D eigenvalue weighted by Crippen LogP contribution is -2.16. The standard InChI is InChI=1S/C16H19ClFN3/c1-16(2)7-3-4-11(16)14-13(15(19)21-20-14)10-6-5-9(18)8-12(10)17/h5-6,8,11H,3-4,7H2,1-2H3,(H3,19,20,21). The highest BCUT2D eigenvalue weighted by molar-refractivity contribution is 6.33. The van der Waals surface area contributed by atoms with Crippen molar-refractivity contribution in [2.75, 3.05) is 5.73 Å². The van der Waals surface area contributed by atoms with Gasteiger partial charge >= 0.3 is 0 Å². The summed E-state index contributed by atoms with van der Waals surface area (Å²) >= 11 is 6.21. The van der Waals surface area contributed by atoms with Crippen LogP contribution in [0.4, 0.5) is 10.2 Å². The summed E-state index contributed by atoms with van der Waals surface area (Å²) in [5.41, 5.74) is 8.81. The van der Waals surface area contributed by atoms with E-state index in [0.29, 0.717) is 16.8 Å². The number of benzene rings is 1. The molecule has 1 unspecified atom stereocenters. The van der Waals surface area contributed by atoms with Crippen LogP contribution in [0.2, 0.25) is 5.02 Å². The molecule has 0 saturated heterocycles. The first kappa shape index (κ1) is 14.4. The van der Waals surface area contributed by atoms with E-state index in [9.17, 15) is 4.39 Å². The van der Waals surface area contributed by atoms with Crippen LogP contribution in [0, 0.1) is 11.2 Å². The minimum atomic E-state index is -0.353. The average Bonchev–Trinajstić information content (AvgIpc) is 2.92. The van der Waals surface area contributed by atoms with Gasteiger partial charge in [0, 0.05) is 22.7 Å². The molecule has 1 atom stereocenters. The maximum atomic E-state index is 13.3. The van der Waals surface area contributed by atoms with E-state index in [1.165, 1.54) is 25.0 Å². The summed E-state index contributed by atoms with van der Waals surface area (Å²) in [6, 6.07) is 4.38. The maximum absolute atomic E-state index is 13.3. The van der Waals surface area contributed by atoms with E-state index < -0.39 is 0 Å². The van der Waals surface area contributed by atoms with Gasteiger partial charge in [-0.1, -0.05) is 31.9 Å². The molecule has 0 bridgehead atoms. The molecule has 1 heterocycles. The van der Waals surface area contributed by atoms with Crippen molar-refractivity contribution in [3.8, 4) is 11.1 Å². The van der Waals surface area contributed by atoms with Crippen LogP contribution in [0.25, 0.3) is 11.1 Å². The molecule has 0 radical (unpaired) electrons. The molecule has 1 aromatic carbocycles. The fraction of sp³-hybridized carbons (Fsp3) is 0.438. The Bertz CT molecular complexity index is 678. The van der Waals surface area contributed by atoms with Crippen molar-refractivity contribution in [3.05, 3.63) is 34.7 Å². The van der Waals surface area contributed by atoms with Gasteiger partial charge in [-0.25, -0.2) is 4.39 Å². The Kier molecular flexibility index (Phi) is 3.44. The molecule has 1 fully saturated rings. The Hall–Kier alpha value is -1.55. The lowest BCUT2D eigenvalue weighted by molar-refractivity contribution is 0.328. The van der Waals surface area contributed by atoms with Crippen molar-refractivity contribution in [3.63, 3.8) is 0 Å². The van der Waals surface area contributed by atoms with Crippen LogP contribution in [-0.4, -0.2) is 10.2 Å². The molecular weight excluding hydrogens is 289 g/mol. The topological polar surface area (TPSA) is 54.7 Å². The number of nitrogens with one attached hydrogen (secondary N) is 1. The lowest BCUT2D eigenvalue weighted by Gasteiger charge is -2.27. The van der Waals surface area contributed by atoms with Crippen molar-refractivity contribution in [1.82, 2.24) is 10.2 Å². The summed E-state index contributed by atoms with van der Waals surface area (Å²) in [4.78, 5) is 0. The third kappa shape index (κ3) is 2.42.